The first-order valence-corrected chi connectivity index (χ1v) is 8.84. The van der Waals surface area contributed by atoms with Gasteiger partial charge in [-0.2, -0.15) is 14.5 Å². The largest absolute Gasteiger partial charge is 0.338 e. The van der Waals surface area contributed by atoms with Gasteiger partial charge in [-0.05, 0) is 30.5 Å². The van der Waals surface area contributed by atoms with Crippen LogP contribution in [0.1, 0.15) is 47.4 Å². The van der Waals surface area contributed by atoms with Crippen molar-refractivity contribution in [3.8, 4) is 0 Å². The normalized spacial score (nSPS) is 20.1. The molecule has 0 aromatic carbocycles. The molecular weight excluding hydrogens is 373 g/mol. The molecule has 3 aromatic rings. The Morgan fingerprint density at radius 2 is 2.14 bits per heavy atom. The van der Waals surface area contributed by atoms with Crippen molar-refractivity contribution in [2.24, 2.45) is 5.92 Å². The minimum Gasteiger partial charge on any atom is -0.338 e. The lowest BCUT2D eigenvalue weighted by Gasteiger charge is -2.37. The van der Waals surface area contributed by atoms with Crippen LogP contribution in [0.2, 0.25) is 0 Å². The van der Waals surface area contributed by atoms with Crippen molar-refractivity contribution < 1.29 is 18.0 Å². The van der Waals surface area contributed by atoms with Gasteiger partial charge in [-0.3, -0.25) is 4.79 Å². The third-order valence-corrected chi connectivity index (χ3v) is 5.14. The summed E-state index contributed by atoms with van der Waals surface area (Å²) in [7, 11) is 0. The molecule has 0 radical (unpaired) electrons. The molecule has 0 aliphatic carbocycles. The van der Waals surface area contributed by atoms with Crippen molar-refractivity contribution in [3.63, 3.8) is 0 Å². The number of hydrogen-bond donors (Lipinski definition) is 0. The summed E-state index contributed by atoms with van der Waals surface area (Å²) >= 11 is 0. The van der Waals surface area contributed by atoms with E-state index in [2.05, 4.69) is 20.1 Å². The van der Waals surface area contributed by atoms with Gasteiger partial charge in [-0.25, -0.2) is 23.3 Å². The number of alkyl halides is 2. The summed E-state index contributed by atoms with van der Waals surface area (Å²) in [5.74, 6) is -1.39. The fourth-order valence-corrected chi connectivity index (χ4v) is 3.58. The van der Waals surface area contributed by atoms with Gasteiger partial charge in [0.25, 0.3) is 18.1 Å². The molecule has 1 saturated heterocycles. The Kier molecular flexibility index (Phi) is 4.70. The average molecular weight is 390 g/mol. The molecular formula is C18H17F3N6O. The number of amides is 1. The quantitative estimate of drug-likeness (QED) is 0.643. The highest BCUT2D eigenvalue weighted by Gasteiger charge is 2.34. The van der Waals surface area contributed by atoms with Gasteiger partial charge in [0.05, 0.1) is 11.3 Å². The van der Waals surface area contributed by atoms with Gasteiger partial charge in [0.2, 0.25) is 5.95 Å². The lowest BCUT2D eigenvalue weighted by atomic mass is 9.84. The van der Waals surface area contributed by atoms with Gasteiger partial charge in [0, 0.05) is 25.2 Å². The topological polar surface area (TPSA) is 76.3 Å². The average Bonchev–Trinajstić information content (AvgIpc) is 3.16. The standard InChI is InChI=1S/C18H17F3N6O/c1-10-4-6-26(17(28)11-3-2-5-22-16(11)21)8-12(10)14-7-13(15(19)20)25-18-23-9-24-27(14)18/h2-3,5,7,9-10,12,15H,4,6,8H2,1H3/t10-,12-/m1/s1. The van der Waals surface area contributed by atoms with E-state index >= 15 is 0 Å². The minimum absolute atomic E-state index is 0.0850. The van der Waals surface area contributed by atoms with E-state index in [0.29, 0.717) is 18.7 Å². The number of carbonyl (C=O) groups is 1. The Balaban J connectivity index is 1.70. The van der Waals surface area contributed by atoms with Crippen LogP contribution < -0.4 is 0 Å². The van der Waals surface area contributed by atoms with Crippen LogP contribution in [0.25, 0.3) is 5.78 Å². The number of hydrogen-bond acceptors (Lipinski definition) is 5. The summed E-state index contributed by atoms with van der Waals surface area (Å²) in [6.07, 6.45) is 0.419. The molecule has 4 heterocycles. The number of carbonyl (C=O) groups excluding carboxylic acids is 1. The van der Waals surface area contributed by atoms with Crippen LogP contribution in [0.3, 0.4) is 0 Å². The number of nitrogens with zero attached hydrogens (tertiary/aromatic N) is 6. The van der Waals surface area contributed by atoms with Crippen LogP contribution in [0.15, 0.2) is 30.7 Å². The summed E-state index contributed by atoms with van der Waals surface area (Å²) in [6.45, 7) is 2.68. The van der Waals surface area contributed by atoms with Gasteiger partial charge >= 0.3 is 0 Å². The molecule has 4 rings (SSSR count). The third kappa shape index (κ3) is 3.19. The van der Waals surface area contributed by atoms with Crippen molar-refractivity contribution in [1.82, 2.24) is 29.5 Å². The smallest absolute Gasteiger partial charge is 0.280 e. The van der Waals surface area contributed by atoms with Crippen LogP contribution in [0, 0.1) is 11.9 Å². The van der Waals surface area contributed by atoms with Crippen LogP contribution in [-0.2, 0) is 0 Å². The number of piperidine rings is 1. The van der Waals surface area contributed by atoms with Crippen LogP contribution in [0.4, 0.5) is 13.2 Å². The van der Waals surface area contributed by atoms with Crippen LogP contribution in [0.5, 0.6) is 0 Å². The van der Waals surface area contributed by atoms with Crippen molar-refractivity contribution in [2.75, 3.05) is 13.1 Å². The van der Waals surface area contributed by atoms with Gasteiger partial charge in [-0.15, -0.1) is 0 Å². The maximum absolute atomic E-state index is 13.9. The Morgan fingerprint density at radius 3 is 2.89 bits per heavy atom. The Morgan fingerprint density at radius 1 is 1.32 bits per heavy atom. The molecule has 28 heavy (non-hydrogen) atoms. The fraction of sp³-hybridized carbons (Fsp3) is 0.389. The lowest BCUT2D eigenvalue weighted by molar-refractivity contribution is 0.0659. The first-order chi connectivity index (χ1) is 13.5. The predicted molar refractivity (Wildman–Crippen MR) is 92.4 cm³/mol. The Hall–Kier alpha value is -3.04. The highest BCUT2D eigenvalue weighted by molar-refractivity contribution is 5.94. The van der Waals surface area contributed by atoms with Crippen molar-refractivity contribution in [3.05, 3.63) is 53.6 Å². The molecule has 1 amide bonds. The molecule has 0 N–H and O–H groups in total. The maximum atomic E-state index is 13.9. The first-order valence-electron chi connectivity index (χ1n) is 8.84. The van der Waals surface area contributed by atoms with Crippen molar-refractivity contribution in [1.29, 1.82) is 0 Å². The molecule has 10 heteroatoms. The van der Waals surface area contributed by atoms with Gasteiger partial charge in [0.1, 0.15) is 12.0 Å². The first kappa shape index (κ1) is 18.3. The van der Waals surface area contributed by atoms with E-state index in [1.807, 2.05) is 6.92 Å². The number of aromatic nitrogens is 5. The second kappa shape index (κ2) is 7.17. The number of likely N-dealkylation sites (tertiary alicyclic amines) is 1. The lowest BCUT2D eigenvalue weighted by Crippen LogP contribution is -2.43. The highest BCUT2D eigenvalue weighted by Crippen LogP contribution is 2.34. The second-order valence-corrected chi connectivity index (χ2v) is 6.84. The summed E-state index contributed by atoms with van der Waals surface area (Å²) in [4.78, 5) is 25.6. The van der Waals surface area contributed by atoms with Gasteiger partial charge in [-0.1, -0.05) is 6.92 Å². The molecule has 1 aliphatic rings. The zero-order chi connectivity index (χ0) is 19.8. The van der Waals surface area contributed by atoms with Crippen molar-refractivity contribution >= 4 is 11.7 Å². The minimum atomic E-state index is -2.75. The SMILES string of the molecule is C[C@@H]1CCN(C(=O)c2cccnc2F)C[C@H]1c1cc(C(F)F)nc2ncnn12. The van der Waals surface area contributed by atoms with E-state index < -0.39 is 18.3 Å². The summed E-state index contributed by atoms with van der Waals surface area (Å²) in [5.41, 5.74) is 0.0172. The number of rotatable bonds is 3. The van der Waals surface area contributed by atoms with E-state index in [0.717, 1.165) is 0 Å². The molecule has 3 aromatic heterocycles. The van der Waals surface area contributed by atoms with Gasteiger partial charge in [0.15, 0.2) is 0 Å². The van der Waals surface area contributed by atoms with E-state index in [9.17, 15) is 18.0 Å². The monoisotopic (exact) mass is 390 g/mol. The summed E-state index contributed by atoms with van der Waals surface area (Å²) < 4.78 is 41.9. The number of halogens is 3. The fourth-order valence-electron chi connectivity index (χ4n) is 3.58. The number of fused-ring (bicyclic) bond motifs is 1. The molecule has 2 atom stereocenters. The van der Waals surface area contributed by atoms with Crippen molar-refractivity contribution in [2.45, 2.75) is 25.7 Å². The molecule has 1 fully saturated rings. The predicted octanol–water partition coefficient (Wildman–Crippen LogP) is 2.86. The molecule has 0 unspecified atom stereocenters. The van der Waals surface area contributed by atoms with E-state index in [1.165, 1.54) is 40.1 Å². The zero-order valence-electron chi connectivity index (χ0n) is 15.0. The maximum Gasteiger partial charge on any atom is 0.280 e. The van der Waals surface area contributed by atoms with E-state index in [4.69, 9.17) is 0 Å². The number of pyridine rings is 1. The second-order valence-electron chi connectivity index (χ2n) is 6.84. The van der Waals surface area contributed by atoms with E-state index in [-0.39, 0.29) is 35.4 Å². The molecule has 7 nitrogen and oxygen atoms in total. The molecule has 0 bridgehead atoms. The summed E-state index contributed by atoms with van der Waals surface area (Å²) in [6, 6.07) is 4.19. The molecule has 0 saturated carbocycles. The molecule has 146 valence electrons. The van der Waals surface area contributed by atoms with Crippen LogP contribution in [-0.4, -0.2) is 48.5 Å². The molecule has 0 spiro atoms. The zero-order valence-corrected chi connectivity index (χ0v) is 15.0. The summed E-state index contributed by atoms with van der Waals surface area (Å²) in [5, 5.41) is 4.10. The Bertz CT molecular complexity index is 1020. The Labute approximate surface area is 158 Å². The van der Waals surface area contributed by atoms with E-state index in [1.54, 1.807) is 0 Å². The highest BCUT2D eigenvalue weighted by atomic mass is 19.3. The van der Waals surface area contributed by atoms with Gasteiger partial charge < -0.3 is 4.90 Å². The third-order valence-electron chi connectivity index (χ3n) is 5.14. The molecule has 1 aliphatic heterocycles. The van der Waals surface area contributed by atoms with Crippen LogP contribution >= 0.6 is 0 Å².